The highest BCUT2D eigenvalue weighted by molar-refractivity contribution is 6.06. The zero-order chi connectivity index (χ0) is 13.7. The van der Waals surface area contributed by atoms with E-state index in [1.54, 1.807) is 42.5 Å². The zero-order valence-electron chi connectivity index (χ0n) is 10.0. The van der Waals surface area contributed by atoms with E-state index in [9.17, 15) is 14.9 Å². The lowest BCUT2D eigenvalue weighted by molar-refractivity contribution is -0.384. The van der Waals surface area contributed by atoms with Crippen molar-refractivity contribution in [3.63, 3.8) is 0 Å². The van der Waals surface area contributed by atoms with Crippen LogP contribution in [-0.2, 0) is 0 Å². The van der Waals surface area contributed by atoms with Crippen LogP contribution < -0.4 is 0 Å². The summed E-state index contributed by atoms with van der Waals surface area (Å²) in [7, 11) is 0. The van der Waals surface area contributed by atoms with Gasteiger partial charge < -0.3 is 0 Å². The van der Waals surface area contributed by atoms with Crippen LogP contribution in [0.2, 0.25) is 0 Å². The summed E-state index contributed by atoms with van der Waals surface area (Å²) in [5.41, 5.74) is 1.22. The molecule has 0 unspecified atom stereocenters. The molecule has 19 heavy (non-hydrogen) atoms. The second-order valence-electron chi connectivity index (χ2n) is 3.92. The Morgan fingerprint density at radius 1 is 1.05 bits per heavy atom. The van der Waals surface area contributed by atoms with Crippen LogP contribution in [0, 0.1) is 10.1 Å². The highest BCUT2D eigenvalue weighted by Gasteiger charge is 2.04. The number of allylic oxidation sites excluding steroid dienone is 1. The van der Waals surface area contributed by atoms with Crippen molar-refractivity contribution in [3.05, 3.63) is 81.9 Å². The molecule has 4 nitrogen and oxygen atoms in total. The van der Waals surface area contributed by atoms with E-state index in [1.807, 2.05) is 6.07 Å². The van der Waals surface area contributed by atoms with Gasteiger partial charge in [-0.05, 0) is 11.6 Å². The predicted octanol–water partition coefficient (Wildman–Crippen LogP) is 3.49. The molecule has 0 spiro atoms. The van der Waals surface area contributed by atoms with Gasteiger partial charge in [-0.2, -0.15) is 0 Å². The molecule has 94 valence electrons. The zero-order valence-corrected chi connectivity index (χ0v) is 10.0. The van der Waals surface area contributed by atoms with Crippen molar-refractivity contribution >= 4 is 17.5 Å². The van der Waals surface area contributed by atoms with Gasteiger partial charge in [-0.25, -0.2) is 0 Å². The van der Waals surface area contributed by atoms with Gasteiger partial charge in [0, 0.05) is 17.7 Å². The first-order valence-corrected chi connectivity index (χ1v) is 5.69. The average molecular weight is 253 g/mol. The van der Waals surface area contributed by atoms with Crippen molar-refractivity contribution in [3.8, 4) is 0 Å². The van der Waals surface area contributed by atoms with E-state index < -0.39 is 4.92 Å². The van der Waals surface area contributed by atoms with Gasteiger partial charge in [0.15, 0.2) is 5.78 Å². The normalized spacial score (nSPS) is 10.5. The van der Waals surface area contributed by atoms with Crippen LogP contribution in [0.4, 0.5) is 5.69 Å². The van der Waals surface area contributed by atoms with Crippen molar-refractivity contribution in [2.45, 2.75) is 0 Å². The third-order valence-electron chi connectivity index (χ3n) is 2.57. The summed E-state index contributed by atoms with van der Waals surface area (Å²) in [6.45, 7) is 0. The van der Waals surface area contributed by atoms with Crippen LogP contribution in [0.25, 0.3) is 6.08 Å². The maximum atomic E-state index is 11.8. The highest BCUT2D eigenvalue weighted by atomic mass is 16.6. The topological polar surface area (TPSA) is 60.2 Å². The molecule has 0 fully saturated rings. The molecule has 0 amide bonds. The maximum Gasteiger partial charge on any atom is 0.270 e. The van der Waals surface area contributed by atoms with Gasteiger partial charge in [-0.1, -0.05) is 48.5 Å². The molecule has 0 aliphatic rings. The van der Waals surface area contributed by atoms with E-state index in [4.69, 9.17) is 0 Å². The number of ketones is 1. The third kappa shape index (κ3) is 3.35. The van der Waals surface area contributed by atoms with Crippen LogP contribution in [0.1, 0.15) is 15.9 Å². The highest BCUT2D eigenvalue weighted by Crippen LogP contribution is 2.14. The molecule has 0 atom stereocenters. The Morgan fingerprint density at radius 3 is 2.47 bits per heavy atom. The fraction of sp³-hybridized carbons (Fsp3) is 0. The predicted molar refractivity (Wildman–Crippen MR) is 72.9 cm³/mol. The summed E-state index contributed by atoms with van der Waals surface area (Å²) in [5.74, 6) is -0.132. The Hall–Kier alpha value is -2.75. The first-order valence-electron chi connectivity index (χ1n) is 5.69. The van der Waals surface area contributed by atoms with Crippen LogP contribution >= 0.6 is 0 Å². The van der Waals surface area contributed by atoms with E-state index in [1.165, 1.54) is 18.2 Å². The molecule has 0 aliphatic heterocycles. The molecule has 0 radical (unpaired) electrons. The van der Waals surface area contributed by atoms with Crippen molar-refractivity contribution in [1.29, 1.82) is 0 Å². The number of nitrogens with zero attached hydrogens (tertiary/aromatic N) is 1. The first kappa shape index (κ1) is 12.7. The van der Waals surface area contributed by atoms with E-state index in [0.717, 1.165) is 0 Å². The average Bonchev–Trinajstić information content (AvgIpc) is 2.46. The second-order valence-corrected chi connectivity index (χ2v) is 3.92. The SMILES string of the molecule is O=C(/C=C\c1cccc([N+](=O)[O-])c1)c1ccccc1. The Morgan fingerprint density at radius 2 is 1.79 bits per heavy atom. The summed E-state index contributed by atoms with van der Waals surface area (Å²) in [4.78, 5) is 22.0. The Labute approximate surface area is 110 Å². The standard InChI is InChI=1S/C15H11NO3/c17-15(13-6-2-1-3-7-13)10-9-12-5-4-8-14(11-12)16(18)19/h1-11H/b10-9-. The molecule has 0 heterocycles. The lowest BCUT2D eigenvalue weighted by atomic mass is 10.1. The molecular formula is C15H11NO3. The molecule has 4 heteroatoms. The second kappa shape index (κ2) is 5.73. The van der Waals surface area contributed by atoms with Gasteiger partial charge in [0.25, 0.3) is 5.69 Å². The molecule has 0 saturated carbocycles. The van der Waals surface area contributed by atoms with Gasteiger partial charge in [-0.15, -0.1) is 0 Å². The van der Waals surface area contributed by atoms with E-state index in [0.29, 0.717) is 11.1 Å². The Balaban J connectivity index is 2.17. The lowest BCUT2D eigenvalue weighted by Gasteiger charge is -1.95. The summed E-state index contributed by atoms with van der Waals surface area (Å²) < 4.78 is 0. The molecule has 0 aromatic heterocycles. The number of hydrogen-bond acceptors (Lipinski definition) is 3. The molecule has 2 rings (SSSR count). The van der Waals surface area contributed by atoms with Gasteiger partial charge in [-0.3, -0.25) is 14.9 Å². The van der Waals surface area contributed by atoms with Crippen LogP contribution in [-0.4, -0.2) is 10.7 Å². The molecule has 0 aliphatic carbocycles. The fourth-order valence-corrected chi connectivity index (χ4v) is 1.61. The summed E-state index contributed by atoms with van der Waals surface area (Å²) >= 11 is 0. The van der Waals surface area contributed by atoms with Gasteiger partial charge >= 0.3 is 0 Å². The number of benzene rings is 2. The molecule has 2 aromatic carbocycles. The van der Waals surface area contributed by atoms with E-state index in [-0.39, 0.29) is 11.5 Å². The van der Waals surface area contributed by atoms with Gasteiger partial charge in [0.05, 0.1) is 4.92 Å². The largest absolute Gasteiger partial charge is 0.289 e. The number of nitro groups is 1. The monoisotopic (exact) mass is 253 g/mol. The minimum Gasteiger partial charge on any atom is -0.289 e. The maximum absolute atomic E-state index is 11.8. The van der Waals surface area contributed by atoms with Crippen molar-refractivity contribution in [1.82, 2.24) is 0 Å². The van der Waals surface area contributed by atoms with Crippen LogP contribution in [0.3, 0.4) is 0 Å². The molecule has 0 bridgehead atoms. The van der Waals surface area contributed by atoms with Crippen LogP contribution in [0.5, 0.6) is 0 Å². The summed E-state index contributed by atoms with van der Waals surface area (Å²) in [5, 5.41) is 10.6. The van der Waals surface area contributed by atoms with Crippen molar-refractivity contribution in [2.75, 3.05) is 0 Å². The van der Waals surface area contributed by atoms with E-state index >= 15 is 0 Å². The number of carbonyl (C=O) groups is 1. The van der Waals surface area contributed by atoms with Gasteiger partial charge in [0.2, 0.25) is 0 Å². The minimum absolute atomic E-state index is 0.00862. The summed E-state index contributed by atoms with van der Waals surface area (Å²) in [6.07, 6.45) is 2.98. The molecule has 0 N–H and O–H groups in total. The molecular weight excluding hydrogens is 242 g/mol. The van der Waals surface area contributed by atoms with Gasteiger partial charge in [0.1, 0.15) is 0 Å². The minimum atomic E-state index is -0.462. The fourth-order valence-electron chi connectivity index (χ4n) is 1.61. The third-order valence-corrected chi connectivity index (χ3v) is 2.57. The number of carbonyl (C=O) groups excluding carboxylic acids is 1. The quantitative estimate of drug-likeness (QED) is 0.362. The number of non-ortho nitro benzene ring substituents is 1. The lowest BCUT2D eigenvalue weighted by Crippen LogP contribution is -1.93. The summed E-state index contributed by atoms with van der Waals surface area (Å²) in [6, 6.07) is 15.0. The number of nitro benzene ring substituents is 1. The van der Waals surface area contributed by atoms with Crippen molar-refractivity contribution < 1.29 is 9.72 Å². The molecule has 0 saturated heterocycles. The smallest absolute Gasteiger partial charge is 0.270 e. The Bertz CT molecular complexity index is 633. The first-order chi connectivity index (χ1) is 9.16. The van der Waals surface area contributed by atoms with Crippen LogP contribution in [0.15, 0.2) is 60.7 Å². The van der Waals surface area contributed by atoms with Crippen molar-refractivity contribution in [2.24, 2.45) is 0 Å². The number of rotatable bonds is 4. The number of hydrogen-bond donors (Lipinski definition) is 0. The van der Waals surface area contributed by atoms with E-state index in [2.05, 4.69) is 0 Å². The molecule has 2 aromatic rings. The Kier molecular flexibility index (Phi) is 3.83.